The number of nitrogens with zero attached hydrogens (tertiary/aromatic N) is 3. The third-order valence-electron chi connectivity index (χ3n) is 4.29. The van der Waals surface area contributed by atoms with Gasteiger partial charge in [-0.3, -0.25) is 4.79 Å². The summed E-state index contributed by atoms with van der Waals surface area (Å²) >= 11 is 1.39. The van der Waals surface area contributed by atoms with Crippen LogP contribution in [0.5, 0.6) is 0 Å². The first-order valence-corrected chi connectivity index (χ1v) is 9.66. The molecule has 0 aliphatic carbocycles. The normalized spacial score (nSPS) is 13.5. The van der Waals surface area contributed by atoms with Crippen LogP contribution in [-0.4, -0.2) is 42.1 Å². The van der Waals surface area contributed by atoms with E-state index in [0.717, 1.165) is 37.6 Å². The number of hydrogen-bond acceptors (Lipinski definition) is 7. The molecule has 0 saturated carbocycles. The Morgan fingerprint density at radius 2 is 1.86 bits per heavy atom. The summed E-state index contributed by atoms with van der Waals surface area (Å²) in [5, 5.41) is 10.1. The molecule has 4 rings (SSSR count). The highest BCUT2D eigenvalue weighted by atomic mass is 35.5. The highest BCUT2D eigenvalue weighted by Crippen LogP contribution is 2.25. The summed E-state index contributed by atoms with van der Waals surface area (Å²) in [7, 11) is 0. The fraction of sp³-hybridized carbons (Fsp3) is 0.211. The molecule has 3 N–H and O–H groups in total. The van der Waals surface area contributed by atoms with Crippen molar-refractivity contribution in [3.8, 4) is 0 Å². The maximum absolute atomic E-state index is 12.6. The van der Waals surface area contributed by atoms with Crippen molar-refractivity contribution in [2.75, 3.05) is 41.7 Å². The van der Waals surface area contributed by atoms with E-state index in [0.29, 0.717) is 16.5 Å². The second-order valence-corrected chi connectivity index (χ2v) is 6.97. The fourth-order valence-corrected chi connectivity index (χ4v) is 3.59. The molecule has 2 aromatic heterocycles. The van der Waals surface area contributed by atoms with Gasteiger partial charge in [-0.2, -0.15) is 0 Å². The number of pyridine rings is 1. The Hall–Kier alpha value is -2.68. The minimum absolute atomic E-state index is 0. The first-order chi connectivity index (χ1) is 13.3. The molecule has 0 spiro atoms. The molecule has 0 bridgehead atoms. The number of para-hydroxylation sites is 1. The Bertz CT molecular complexity index is 896. The van der Waals surface area contributed by atoms with Gasteiger partial charge in [-0.25, -0.2) is 9.97 Å². The van der Waals surface area contributed by atoms with Crippen LogP contribution in [0.3, 0.4) is 0 Å². The molecule has 1 amide bonds. The molecule has 146 valence electrons. The third kappa shape index (κ3) is 4.78. The van der Waals surface area contributed by atoms with Crippen LogP contribution in [-0.2, 0) is 0 Å². The Morgan fingerprint density at radius 3 is 2.57 bits per heavy atom. The molecule has 3 heterocycles. The highest BCUT2D eigenvalue weighted by Gasteiger charge is 2.16. The second-order valence-electron chi connectivity index (χ2n) is 6.11. The number of halogens is 1. The van der Waals surface area contributed by atoms with Crippen LogP contribution in [0.25, 0.3) is 0 Å². The number of anilines is 4. The van der Waals surface area contributed by atoms with E-state index in [4.69, 9.17) is 0 Å². The SMILES string of the molecule is Cl.O=C(Nc1ccc(N2CCNCC2)cn1)c1ncsc1Nc1ccccc1. The topological polar surface area (TPSA) is 82.2 Å². The summed E-state index contributed by atoms with van der Waals surface area (Å²) < 4.78 is 0. The first kappa shape index (κ1) is 20.1. The summed E-state index contributed by atoms with van der Waals surface area (Å²) in [5.41, 5.74) is 3.99. The Balaban J connectivity index is 0.00000225. The molecule has 1 aliphatic rings. The van der Waals surface area contributed by atoms with Gasteiger partial charge in [0.25, 0.3) is 5.91 Å². The number of amides is 1. The smallest absolute Gasteiger partial charge is 0.278 e. The molecule has 0 atom stereocenters. The van der Waals surface area contributed by atoms with Gasteiger partial charge in [0.05, 0.1) is 17.4 Å². The monoisotopic (exact) mass is 416 g/mol. The van der Waals surface area contributed by atoms with Crippen molar-refractivity contribution in [3.05, 3.63) is 59.9 Å². The molecule has 1 saturated heterocycles. The van der Waals surface area contributed by atoms with Crippen molar-refractivity contribution in [1.82, 2.24) is 15.3 Å². The third-order valence-corrected chi connectivity index (χ3v) is 5.03. The minimum atomic E-state index is -0.280. The van der Waals surface area contributed by atoms with Gasteiger partial charge >= 0.3 is 0 Å². The second kappa shape index (κ2) is 9.50. The summed E-state index contributed by atoms with van der Waals surface area (Å²) in [5.74, 6) is 0.231. The molecular formula is C19H21ClN6OS. The van der Waals surface area contributed by atoms with Crippen molar-refractivity contribution in [2.24, 2.45) is 0 Å². The highest BCUT2D eigenvalue weighted by molar-refractivity contribution is 7.14. The quantitative estimate of drug-likeness (QED) is 0.591. The number of carbonyl (C=O) groups is 1. The molecule has 3 aromatic rings. The Kier molecular flexibility index (Phi) is 6.80. The number of thiazole rings is 1. The molecule has 9 heteroatoms. The average molecular weight is 417 g/mol. The molecule has 28 heavy (non-hydrogen) atoms. The van der Waals surface area contributed by atoms with Gasteiger partial charge in [0, 0.05) is 31.9 Å². The first-order valence-electron chi connectivity index (χ1n) is 8.78. The lowest BCUT2D eigenvalue weighted by Gasteiger charge is -2.29. The van der Waals surface area contributed by atoms with Crippen molar-refractivity contribution in [2.45, 2.75) is 0 Å². The van der Waals surface area contributed by atoms with Gasteiger partial charge in [-0.1, -0.05) is 18.2 Å². The number of piperazine rings is 1. The standard InChI is InChI=1S/C19H20N6OS.ClH/c26-18(17-19(27-13-22-17)23-14-4-2-1-3-5-14)24-16-7-6-15(12-21-16)25-10-8-20-9-11-25;/h1-7,12-13,20,23H,8-11H2,(H,21,24,26);1H. The van der Waals surface area contributed by atoms with E-state index in [1.165, 1.54) is 11.3 Å². The summed E-state index contributed by atoms with van der Waals surface area (Å²) in [6, 6.07) is 13.5. The zero-order chi connectivity index (χ0) is 18.5. The van der Waals surface area contributed by atoms with Crippen molar-refractivity contribution in [1.29, 1.82) is 0 Å². The van der Waals surface area contributed by atoms with Crippen molar-refractivity contribution < 1.29 is 4.79 Å². The summed E-state index contributed by atoms with van der Waals surface area (Å²) in [6.07, 6.45) is 1.80. The van der Waals surface area contributed by atoms with Crippen LogP contribution in [0, 0.1) is 0 Å². The predicted molar refractivity (Wildman–Crippen MR) is 116 cm³/mol. The van der Waals surface area contributed by atoms with Gasteiger partial charge in [-0.15, -0.1) is 23.7 Å². The van der Waals surface area contributed by atoms with Gasteiger partial charge in [0.2, 0.25) is 0 Å². The zero-order valence-corrected chi connectivity index (χ0v) is 16.7. The lowest BCUT2D eigenvalue weighted by Crippen LogP contribution is -2.43. The number of nitrogens with one attached hydrogen (secondary N) is 3. The molecule has 1 aliphatic heterocycles. The van der Waals surface area contributed by atoms with Crippen LogP contribution >= 0.6 is 23.7 Å². The van der Waals surface area contributed by atoms with Gasteiger partial charge in [0.15, 0.2) is 5.69 Å². The van der Waals surface area contributed by atoms with Gasteiger partial charge < -0.3 is 20.9 Å². The van der Waals surface area contributed by atoms with E-state index >= 15 is 0 Å². The van der Waals surface area contributed by atoms with Crippen molar-refractivity contribution >= 4 is 51.8 Å². The van der Waals surface area contributed by atoms with Crippen LogP contribution in [0.2, 0.25) is 0 Å². The number of aromatic nitrogens is 2. The predicted octanol–water partition coefficient (Wildman–Crippen LogP) is 3.37. The van der Waals surface area contributed by atoms with Crippen LogP contribution < -0.4 is 20.9 Å². The molecular weight excluding hydrogens is 396 g/mol. The summed E-state index contributed by atoms with van der Waals surface area (Å²) in [4.78, 5) is 23.5. The van der Waals surface area contributed by atoms with E-state index < -0.39 is 0 Å². The van der Waals surface area contributed by atoms with Crippen LogP contribution in [0.15, 0.2) is 54.2 Å². The molecule has 0 radical (unpaired) electrons. The lowest BCUT2D eigenvalue weighted by molar-refractivity contribution is 0.102. The van der Waals surface area contributed by atoms with Gasteiger partial charge in [0.1, 0.15) is 10.8 Å². The molecule has 7 nitrogen and oxygen atoms in total. The maximum Gasteiger partial charge on any atom is 0.278 e. The van der Waals surface area contributed by atoms with Crippen molar-refractivity contribution in [3.63, 3.8) is 0 Å². The molecule has 1 fully saturated rings. The van der Waals surface area contributed by atoms with E-state index in [1.807, 2.05) is 42.5 Å². The Labute approximate surface area is 173 Å². The lowest BCUT2D eigenvalue weighted by atomic mass is 10.3. The molecule has 1 aromatic carbocycles. The van der Waals surface area contributed by atoms with Crippen LogP contribution in [0.4, 0.5) is 22.2 Å². The van der Waals surface area contributed by atoms with Crippen LogP contribution in [0.1, 0.15) is 10.5 Å². The van der Waals surface area contributed by atoms with E-state index in [2.05, 4.69) is 30.8 Å². The average Bonchev–Trinajstić information content (AvgIpc) is 3.18. The minimum Gasteiger partial charge on any atom is -0.368 e. The summed E-state index contributed by atoms with van der Waals surface area (Å²) in [6.45, 7) is 3.86. The number of benzene rings is 1. The molecule has 0 unspecified atom stereocenters. The largest absolute Gasteiger partial charge is 0.368 e. The number of hydrogen-bond donors (Lipinski definition) is 3. The van der Waals surface area contributed by atoms with E-state index in [9.17, 15) is 4.79 Å². The van der Waals surface area contributed by atoms with E-state index in [1.54, 1.807) is 11.7 Å². The Morgan fingerprint density at radius 1 is 1.07 bits per heavy atom. The van der Waals surface area contributed by atoms with Gasteiger partial charge in [-0.05, 0) is 24.3 Å². The fourth-order valence-electron chi connectivity index (χ4n) is 2.89. The zero-order valence-electron chi connectivity index (χ0n) is 15.1. The number of carbonyl (C=O) groups excluding carboxylic acids is 1. The maximum atomic E-state index is 12.6. The van der Waals surface area contributed by atoms with E-state index in [-0.39, 0.29) is 18.3 Å². The number of rotatable bonds is 5.